The molecule has 1 amide bonds. The topological polar surface area (TPSA) is 95.7 Å². The first-order chi connectivity index (χ1) is 16.1. The number of carbonyl (C=O) groups excluding carboxylic acids is 1. The summed E-state index contributed by atoms with van der Waals surface area (Å²) >= 11 is 0. The first-order valence-corrected chi connectivity index (χ1v) is 10.8. The second kappa shape index (κ2) is 8.91. The van der Waals surface area contributed by atoms with E-state index >= 15 is 0 Å². The Morgan fingerprint density at radius 1 is 1.03 bits per heavy atom. The van der Waals surface area contributed by atoms with Crippen molar-refractivity contribution >= 4 is 17.5 Å². The molecule has 1 aliphatic heterocycles. The Morgan fingerprint density at radius 3 is 2.64 bits per heavy atom. The van der Waals surface area contributed by atoms with Gasteiger partial charge in [-0.15, -0.1) is 10.2 Å². The SMILES string of the molecule is CN(Cc1ccccn1)C(=O)c1ccc2nnc([C@H]3CN(c4ncccn4)CCN3C)n2c1. The molecule has 1 aliphatic rings. The monoisotopic (exact) mass is 443 g/mol. The van der Waals surface area contributed by atoms with Crippen LogP contribution in [0.2, 0.25) is 0 Å². The predicted octanol–water partition coefficient (Wildman–Crippen LogP) is 1.68. The number of likely N-dealkylation sites (N-methyl/N-ethyl adjacent to an activating group) is 1. The molecular formula is C23H25N9O. The highest BCUT2D eigenvalue weighted by atomic mass is 16.2. The maximum absolute atomic E-state index is 13.1. The molecule has 4 aromatic heterocycles. The van der Waals surface area contributed by atoms with Crippen LogP contribution in [0.5, 0.6) is 0 Å². The Kier molecular flexibility index (Phi) is 5.66. The predicted molar refractivity (Wildman–Crippen MR) is 123 cm³/mol. The summed E-state index contributed by atoms with van der Waals surface area (Å²) in [5.41, 5.74) is 2.12. The highest BCUT2D eigenvalue weighted by Crippen LogP contribution is 2.25. The van der Waals surface area contributed by atoms with E-state index in [4.69, 9.17) is 0 Å². The number of carbonyl (C=O) groups is 1. The van der Waals surface area contributed by atoms with Crippen LogP contribution in [0.1, 0.15) is 27.9 Å². The Hall–Kier alpha value is -3.92. The Labute approximate surface area is 191 Å². The minimum absolute atomic E-state index is 0.0193. The lowest BCUT2D eigenvalue weighted by Crippen LogP contribution is -2.47. The molecule has 5 rings (SSSR count). The first-order valence-electron chi connectivity index (χ1n) is 10.8. The van der Waals surface area contributed by atoms with Crippen molar-refractivity contribution in [3.63, 3.8) is 0 Å². The van der Waals surface area contributed by atoms with Crippen molar-refractivity contribution < 1.29 is 4.79 Å². The molecule has 10 nitrogen and oxygen atoms in total. The van der Waals surface area contributed by atoms with Gasteiger partial charge in [0.25, 0.3) is 5.91 Å². The number of amides is 1. The molecule has 5 heterocycles. The van der Waals surface area contributed by atoms with Crippen molar-refractivity contribution in [1.29, 1.82) is 0 Å². The van der Waals surface area contributed by atoms with Crippen LogP contribution in [0, 0.1) is 0 Å². The van der Waals surface area contributed by atoms with Crippen molar-refractivity contribution in [3.05, 3.63) is 78.3 Å². The van der Waals surface area contributed by atoms with E-state index in [1.165, 1.54) is 0 Å². The van der Waals surface area contributed by atoms with E-state index in [9.17, 15) is 4.79 Å². The molecule has 33 heavy (non-hydrogen) atoms. The largest absolute Gasteiger partial charge is 0.338 e. The van der Waals surface area contributed by atoms with Gasteiger partial charge < -0.3 is 9.80 Å². The van der Waals surface area contributed by atoms with Crippen LogP contribution in [0.25, 0.3) is 5.65 Å². The summed E-state index contributed by atoms with van der Waals surface area (Å²) in [6.07, 6.45) is 7.06. The fourth-order valence-electron chi connectivity index (χ4n) is 4.08. The minimum Gasteiger partial charge on any atom is -0.338 e. The summed E-state index contributed by atoms with van der Waals surface area (Å²) in [4.78, 5) is 32.3. The molecule has 168 valence electrons. The summed E-state index contributed by atoms with van der Waals surface area (Å²) in [6.45, 7) is 2.78. The van der Waals surface area contributed by atoms with E-state index in [0.717, 1.165) is 24.6 Å². The van der Waals surface area contributed by atoms with Crippen LogP contribution >= 0.6 is 0 Å². The molecular weight excluding hydrogens is 418 g/mol. The number of pyridine rings is 2. The summed E-state index contributed by atoms with van der Waals surface area (Å²) in [6, 6.07) is 11.1. The highest BCUT2D eigenvalue weighted by molar-refractivity contribution is 5.94. The minimum atomic E-state index is -0.0847. The molecule has 0 unspecified atom stereocenters. The molecule has 0 N–H and O–H groups in total. The van der Waals surface area contributed by atoms with Gasteiger partial charge in [-0.1, -0.05) is 6.07 Å². The number of fused-ring (bicyclic) bond motifs is 1. The van der Waals surface area contributed by atoms with Crippen molar-refractivity contribution in [2.75, 3.05) is 38.6 Å². The standard InChI is InChI=1S/C23H25N9O/c1-29-12-13-31(23-25-10-5-11-26-23)16-19(29)21-28-27-20-8-7-17(14-32(20)21)22(33)30(2)15-18-6-3-4-9-24-18/h3-11,14,19H,12-13,15-16H2,1-2H3/t19-/m1/s1. The van der Waals surface area contributed by atoms with Gasteiger partial charge in [0.2, 0.25) is 5.95 Å². The van der Waals surface area contributed by atoms with Gasteiger partial charge in [-0.25, -0.2) is 9.97 Å². The van der Waals surface area contributed by atoms with Gasteiger partial charge >= 0.3 is 0 Å². The number of aromatic nitrogens is 6. The van der Waals surface area contributed by atoms with Crippen LogP contribution < -0.4 is 4.90 Å². The average Bonchev–Trinajstić information content (AvgIpc) is 3.28. The van der Waals surface area contributed by atoms with E-state index in [-0.39, 0.29) is 11.9 Å². The number of nitrogens with zero attached hydrogens (tertiary/aromatic N) is 9. The smallest absolute Gasteiger partial charge is 0.255 e. The molecule has 10 heteroatoms. The lowest BCUT2D eigenvalue weighted by atomic mass is 10.1. The molecule has 1 atom stereocenters. The van der Waals surface area contributed by atoms with Crippen LogP contribution in [0.3, 0.4) is 0 Å². The van der Waals surface area contributed by atoms with Crippen LogP contribution in [0.4, 0.5) is 5.95 Å². The second-order valence-corrected chi connectivity index (χ2v) is 8.18. The summed E-state index contributed by atoms with van der Waals surface area (Å²) in [5.74, 6) is 1.41. The van der Waals surface area contributed by atoms with E-state index in [1.807, 2.05) is 40.9 Å². The Bertz CT molecular complexity index is 1240. The fourth-order valence-corrected chi connectivity index (χ4v) is 4.08. The normalized spacial score (nSPS) is 16.8. The Balaban J connectivity index is 1.41. The third-order valence-electron chi connectivity index (χ3n) is 5.93. The molecule has 0 saturated carbocycles. The molecule has 0 radical (unpaired) electrons. The zero-order valence-electron chi connectivity index (χ0n) is 18.6. The lowest BCUT2D eigenvalue weighted by Gasteiger charge is -2.38. The molecule has 0 aromatic carbocycles. The zero-order chi connectivity index (χ0) is 22.8. The van der Waals surface area contributed by atoms with E-state index in [1.54, 1.807) is 36.6 Å². The van der Waals surface area contributed by atoms with E-state index < -0.39 is 0 Å². The Morgan fingerprint density at radius 2 is 1.85 bits per heavy atom. The van der Waals surface area contributed by atoms with Gasteiger partial charge in [0.1, 0.15) is 0 Å². The molecule has 1 saturated heterocycles. The first kappa shape index (κ1) is 21.0. The van der Waals surface area contributed by atoms with Gasteiger partial charge in [0, 0.05) is 51.5 Å². The highest BCUT2D eigenvalue weighted by Gasteiger charge is 2.30. The molecule has 1 fully saturated rings. The average molecular weight is 444 g/mol. The van der Waals surface area contributed by atoms with Gasteiger partial charge in [-0.3, -0.25) is 19.1 Å². The molecule has 0 aliphatic carbocycles. The van der Waals surface area contributed by atoms with Gasteiger partial charge in [0.15, 0.2) is 11.5 Å². The van der Waals surface area contributed by atoms with Crippen molar-refractivity contribution in [1.82, 2.24) is 39.3 Å². The van der Waals surface area contributed by atoms with Gasteiger partial charge in [0.05, 0.1) is 23.8 Å². The molecule has 4 aromatic rings. The summed E-state index contributed by atoms with van der Waals surface area (Å²) < 4.78 is 1.92. The second-order valence-electron chi connectivity index (χ2n) is 8.18. The van der Waals surface area contributed by atoms with Crippen LogP contribution in [-0.4, -0.2) is 79.0 Å². The van der Waals surface area contributed by atoms with E-state index in [0.29, 0.717) is 30.2 Å². The van der Waals surface area contributed by atoms with E-state index in [2.05, 4.69) is 42.0 Å². The van der Waals surface area contributed by atoms with Gasteiger partial charge in [-0.2, -0.15) is 0 Å². The van der Waals surface area contributed by atoms with Crippen molar-refractivity contribution in [2.45, 2.75) is 12.6 Å². The fraction of sp³-hybridized carbons (Fsp3) is 0.304. The third kappa shape index (κ3) is 4.24. The number of anilines is 1. The van der Waals surface area contributed by atoms with Crippen molar-refractivity contribution in [3.8, 4) is 0 Å². The van der Waals surface area contributed by atoms with Crippen LogP contribution in [-0.2, 0) is 6.54 Å². The number of piperazine rings is 1. The number of hydrogen-bond donors (Lipinski definition) is 0. The lowest BCUT2D eigenvalue weighted by molar-refractivity contribution is 0.0783. The maximum atomic E-state index is 13.1. The summed E-state index contributed by atoms with van der Waals surface area (Å²) in [7, 11) is 3.85. The maximum Gasteiger partial charge on any atom is 0.255 e. The third-order valence-corrected chi connectivity index (χ3v) is 5.93. The van der Waals surface area contributed by atoms with Gasteiger partial charge in [-0.05, 0) is 37.4 Å². The van der Waals surface area contributed by atoms with Crippen LogP contribution in [0.15, 0.2) is 61.2 Å². The van der Waals surface area contributed by atoms with Crippen molar-refractivity contribution in [2.24, 2.45) is 0 Å². The zero-order valence-corrected chi connectivity index (χ0v) is 18.6. The number of rotatable bonds is 5. The molecule has 0 spiro atoms. The quantitative estimate of drug-likeness (QED) is 0.460. The summed E-state index contributed by atoms with van der Waals surface area (Å²) in [5, 5.41) is 8.82. The molecule has 0 bridgehead atoms. The number of hydrogen-bond acceptors (Lipinski definition) is 8.